The van der Waals surface area contributed by atoms with E-state index in [4.69, 9.17) is 0 Å². The van der Waals surface area contributed by atoms with Crippen LogP contribution in [-0.4, -0.2) is 22.5 Å². The summed E-state index contributed by atoms with van der Waals surface area (Å²) in [5.41, 5.74) is 1.09. The lowest BCUT2D eigenvalue weighted by Crippen LogP contribution is -1.86. The molecule has 0 heterocycles. The lowest BCUT2D eigenvalue weighted by Gasteiger charge is -2.03. The van der Waals surface area contributed by atoms with Crippen molar-refractivity contribution in [3.8, 4) is 5.75 Å². The van der Waals surface area contributed by atoms with Gasteiger partial charge in [-0.15, -0.1) is 0 Å². The van der Waals surface area contributed by atoms with Crippen molar-refractivity contribution in [2.45, 2.75) is 51.9 Å². The number of benzene rings is 1. The molecule has 1 nitrogen and oxygen atoms in total. The number of aromatic hydroxyl groups is 1. The Bertz CT molecular complexity index is 273. The first-order chi connectivity index (χ1) is 7.34. The summed E-state index contributed by atoms with van der Waals surface area (Å²) in [4.78, 5) is 0. The Hall–Kier alpha value is -0.448. The third-order valence-electron chi connectivity index (χ3n) is 2.79. The molecule has 1 aromatic rings. The minimum absolute atomic E-state index is 0. The highest BCUT2D eigenvalue weighted by Gasteiger charge is 1.98. The average Bonchev–Trinajstić information content (AvgIpc) is 2.25. The predicted molar refractivity (Wildman–Crippen MR) is 75.1 cm³/mol. The van der Waals surface area contributed by atoms with Gasteiger partial charge in [-0.2, -0.15) is 0 Å². The number of phenols is 1. The normalized spacial score (nSPS) is 9.81. The molecular formula is C14H25AlO. The Morgan fingerprint density at radius 1 is 0.938 bits per heavy atom. The zero-order chi connectivity index (χ0) is 10.9. The van der Waals surface area contributed by atoms with Gasteiger partial charge in [-0.25, -0.2) is 0 Å². The van der Waals surface area contributed by atoms with Gasteiger partial charge in [-0.1, -0.05) is 57.2 Å². The van der Waals surface area contributed by atoms with Crippen LogP contribution in [0.1, 0.15) is 51.0 Å². The van der Waals surface area contributed by atoms with Gasteiger partial charge in [0, 0.05) is 0 Å². The zero-order valence-electron chi connectivity index (χ0n) is 9.71. The fraction of sp³-hybridized carbons (Fsp3) is 0.571. The summed E-state index contributed by atoms with van der Waals surface area (Å²) in [7, 11) is 0. The lowest BCUT2D eigenvalue weighted by molar-refractivity contribution is 0.466. The van der Waals surface area contributed by atoms with E-state index in [1.165, 1.54) is 38.5 Å². The van der Waals surface area contributed by atoms with E-state index in [9.17, 15) is 5.11 Å². The fourth-order valence-corrected chi connectivity index (χ4v) is 1.82. The molecule has 1 aromatic carbocycles. The molecule has 0 aliphatic carbocycles. The Morgan fingerprint density at radius 3 is 2.25 bits per heavy atom. The molecule has 0 bridgehead atoms. The van der Waals surface area contributed by atoms with Crippen molar-refractivity contribution in [2.75, 3.05) is 0 Å². The van der Waals surface area contributed by atoms with Crippen molar-refractivity contribution < 1.29 is 5.11 Å². The van der Waals surface area contributed by atoms with Crippen LogP contribution in [0.2, 0.25) is 0 Å². The summed E-state index contributed by atoms with van der Waals surface area (Å²) in [6, 6.07) is 7.65. The third kappa shape index (κ3) is 6.20. The van der Waals surface area contributed by atoms with E-state index in [1.807, 2.05) is 18.2 Å². The van der Waals surface area contributed by atoms with Gasteiger partial charge in [0.05, 0.1) is 0 Å². The van der Waals surface area contributed by atoms with Crippen LogP contribution in [0.4, 0.5) is 0 Å². The molecule has 0 aromatic heterocycles. The van der Waals surface area contributed by atoms with Gasteiger partial charge in [-0.05, 0) is 24.5 Å². The molecule has 0 saturated heterocycles. The highest BCUT2D eigenvalue weighted by Crippen LogP contribution is 2.18. The number of para-hydroxylation sites is 1. The summed E-state index contributed by atoms with van der Waals surface area (Å²) in [5, 5.41) is 9.55. The molecule has 0 aliphatic rings. The van der Waals surface area contributed by atoms with Crippen molar-refractivity contribution in [2.24, 2.45) is 0 Å². The second-order valence-electron chi connectivity index (χ2n) is 4.15. The van der Waals surface area contributed by atoms with Crippen molar-refractivity contribution in [1.29, 1.82) is 0 Å². The van der Waals surface area contributed by atoms with Crippen LogP contribution in [0.25, 0.3) is 0 Å². The van der Waals surface area contributed by atoms with Crippen molar-refractivity contribution in [3.05, 3.63) is 29.8 Å². The second kappa shape index (κ2) is 9.76. The van der Waals surface area contributed by atoms with Gasteiger partial charge in [0.1, 0.15) is 5.75 Å². The summed E-state index contributed by atoms with van der Waals surface area (Å²) in [6.45, 7) is 2.24. The monoisotopic (exact) mass is 236 g/mol. The molecule has 1 rings (SSSR count). The number of hydrogen-bond donors (Lipinski definition) is 1. The molecule has 0 fully saturated rings. The van der Waals surface area contributed by atoms with Gasteiger partial charge >= 0.3 is 0 Å². The van der Waals surface area contributed by atoms with E-state index in [0.717, 1.165) is 12.0 Å². The van der Waals surface area contributed by atoms with E-state index >= 15 is 0 Å². The standard InChI is InChI=1S/C14H22O.Al.3H/c1-2-3-4-5-6-7-10-13-11-8-9-12-14(13)15;;;;/h8-9,11-12,15H,2-7,10H2,1H3;;;;. The molecule has 90 valence electrons. The molecule has 0 saturated carbocycles. The summed E-state index contributed by atoms with van der Waals surface area (Å²) in [6.07, 6.45) is 8.85. The van der Waals surface area contributed by atoms with Crippen LogP contribution in [0.15, 0.2) is 24.3 Å². The molecule has 0 radical (unpaired) electrons. The third-order valence-corrected chi connectivity index (χ3v) is 2.79. The Kier molecular flexibility index (Phi) is 9.48. The van der Waals surface area contributed by atoms with Crippen LogP contribution >= 0.6 is 0 Å². The SMILES string of the molecule is CCCCCCCCc1ccccc1O.[AlH3]. The second-order valence-corrected chi connectivity index (χ2v) is 4.15. The Balaban J connectivity index is 0.00000225. The van der Waals surface area contributed by atoms with Gasteiger partial charge in [-0.3, -0.25) is 0 Å². The summed E-state index contributed by atoms with van der Waals surface area (Å²) >= 11 is 0. The zero-order valence-corrected chi connectivity index (χ0v) is 9.71. The van der Waals surface area contributed by atoms with E-state index in [-0.39, 0.29) is 17.4 Å². The smallest absolute Gasteiger partial charge is 0.187 e. The first-order valence-electron chi connectivity index (χ1n) is 6.11. The van der Waals surface area contributed by atoms with E-state index in [2.05, 4.69) is 6.92 Å². The average molecular weight is 236 g/mol. The largest absolute Gasteiger partial charge is 0.508 e. The minimum Gasteiger partial charge on any atom is -0.508 e. The highest BCUT2D eigenvalue weighted by atomic mass is 27.0. The molecule has 0 atom stereocenters. The van der Waals surface area contributed by atoms with Crippen molar-refractivity contribution >= 4 is 17.4 Å². The van der Waals surface area contributed by atoms with Gasteiger partial charge in [0.2, 0.25) is 0 Å². The Morgan fingerprint density at radius 2 is 1.56 bits per heavy atom. The molecule has 0 spiro atoms. The number of phenolic OH excluding ortho intramolecular Hbond substituents is 1. The van der Waals surface area contributed by atoms with Gasteiger partial charge < -0.3 is 5.11 Å². The van der Waals surface area contributed by atoms with Gasteiger partial charge in [0.25, 0.3) is 0 Å². The van der Waals surface area contributed by atoms with Gasteiger partial charge in [0.15, 0.2) is 17.4 Å². The summed E-state index contributed by atoms with van der Waals surface area (Å²) < 4.78 is 0. The number of rotatable bonds is 7. The van der Waals surface area contributed by atoms with Crippen LogP contribution in [-0.2, 0) is 6.42 Å². The Labute approximate surface area is 110 Å². The predicted octanol–water partition coefficient (Wildman–Crippen LogP) is 3.11. The summed E-state index contributed by atoms with van der Waals surface area (Å²) in [5.74, 6) is 0.450. The maximum absolute atomic E-state index is 9.55. The molecule has 0 aliphatic heterocycles. The maximum atomic E-state index is 9.55. The number of unbranched alkanes of at least 4 members (excludes halogenated alkanes) is 5. The van der Waals surface area contributed by atoms with Crippen molar-refractivity contribution in [1.82, 2.24) is 0 Å². The molecular weight excluding hydrogens is 211 g/mol. The van der Waals surface area contributed by atoms with E-state index in [1.54, 1.807) is 6.07 Å². The minimum atomic E-state index is 0. The number of hydrogen-bond acceptors (Lipinski definition) is 1. The first kappa shape index (κ1) is 15.6. The van der Waals surface area contributed by atoms with Crippen molar-refractivity contribution in [3.63, 3.8) is 0 Å². The lowest BCUT2D eigenvalue weighted by atomic mass is 10.0. The molecule has 2 heteroatoms. The molecule has 16 heavy (non-hydrogen) atoms. The topological polar surface area (TPSA) is 20.2 Å². The molecule has 1 N–H and O–H groups in total. The van der Waals surface area contributed by atoms with Crippen LogP contribution in [0.3, 0.4) is 0 Å². The van der Waals surface area contributed by atoms with Crippen LogP contribution in [0.5, 0.6) is 5.75 Å². The first-order valence-corrected chi connectivity index (χ1v) is 6.11. The fourth-order valence-electron chi connectivity index (χ4n) is 1.82. The molecule has 0 amide bonds. The molecule has 0 unspecified atom stereocenters. The highest BCUT2D eigenvalue weighted by molar-refractivity contribution is 5.75. The maximum Gasteiger partial charge on any atom is 0.187 e. The van der Waals surface area contributed by atoms with Crippen LogP contribution < -0.4 is 0 Å². The number of aryl methyl sites for hydroxylation is 1. The van der Waals surface area contributed by atoms with E-state index < -0.39 is 0 Å². The van der Waals surface area contributed by atoms with Crippen LogP contribution in [0, 0.1) is 0 Å². The van der Waals surface area contributed by atoms with E-state index in [0.29, 0.717) is 5.75 Å². The quantitative estimate of drug-likeness (QED) is 0.569.